The number of carbonyl (C=O) groups excluding carboxylic acids is 2. The summed E-state index contributed by atoms with van der Waals surface area (Å²) in [6.07, 6.45) is -4.41. The van der Waals surface area contributed by atoms with Crippen molar-refractivity contribution in [3.8, 4) is 5.75 Å². The largest absolute Gasteiger partial charge is 0.484 e. The van der Waals surface area contributed by atoms with Gasteiger partial charge >= 0.3 is 6.18 Å². The van der Waals surface area contributed by atoms with Crippen LogP contribution in [-0.2, 0) is 4.79 Å². The molecule has 1 atom stereocenters. The fraction of sp³-hybridized carbons (Fsp3) is 0.381. The molecule has 162 valence electrons. The second-order valence-corrected chi connectivity index (χ2v) is 7.19. The first-order valence-electron chi connectivity index (χ1n) is 9.34. The SMILES string of the molecule is Cc1cc(C(=O)NC(C)c2ccc(OCC(F)(F)F)cc2)cc(NC(=O)C(C)C)n1. The third-order valence-electron chi connectivity index (χ3n) is 4.12. The van der Waals surface area contributed by atoms with E-state index in [0.29, 0.717) is 16.8 Å². The minimum Gasteiger partial charge on any atom is -0.484 e. The maximum Gasteiger partial charge on any atom is 0.422 e. The molecule has 0 fully saturated rings. The molecule has 2 rings (SSSR count). The van der Waals surface area contributed by atoms with E-state index >= 15 is 0 Å². The number of nitrogens with zero attached hydrogens (tertiary/aromatic N) is 1. The molecular weight excluding hydrogens is 399 g/mol. The summed E-state index contributed by atoms with van der Waals surface area (Å²) < 4.78 is 41.3. The summed E-state index contributed by atoms with van der Waals surface area (Å²) in [5, 5.41) is 5.49. The number of rotatable bonds is 7. The van der Waals surface area contributed by atoms with Crippen molar-refractivity contribution in [3.05, 3.63) is 53.2 Å². The number of alkyl halides is 3. The first-order chi connectivity index (χ1) is 13.9. The monoisotopic (exact) mass is 423 g/mol. The summed E-state index contributed by atoms with van der Waals surface area (Å²) in [5.74, 6) is -0.429. The van der Waals surface area contributed by atoms with Gasteiger partial charge in [-0.05, 0) is 43.7 Å². The third kappa shape index (κ3) is 7.06. The molecule has 0 aliphatic carbocycles. The van der Waals surface area contributed by atoms with Crippen LogP contribution >= 0.6 is 0 Å². The number of hydrogen-bond donors (Lipinski definition) is 2. The topological polar surface area (TPSA) is 80.3 Å². The van der Waals surface area contributed by atoms with E-state index in [9.17, 15) is 22.8 Å². The van der Waals surface area contributed by atoms with Gasteiger partial charge < -0.3 is 15.4 Å². The molecule has 0 aliphatic rings. The molecule has 6 nitrogen and oxygen atoms in total. The van der Waals surface area contributed by atoms with Gasteiger partial charge in [-0.2, -0.15) is 13.2 Å². The Morgan fingerprint density at radius 3 is 2.30 bits per heavy atom. The molecule has 0 spiro atoms. The molecule has 2 aromatic rings. The quantitative estimate of drug-likeness (QED) is 0.691. The van der Waals surface area contributed by atoms with Gasteiger partial charge in [-0.1, -0.05) is 26.0 Å². The molecule has 1 heterocycles. The summed E-state index contributed by atoms with van der Waals surface area (Å²) in [5.41, 5.74) is 1.60. The first-order valence-corrected chi connectivity index (χ1v) is 9.34. The van der Waals surface area contributed by atoms with E-state index in [2.05, 4.69) is 20.4 Å². The number of halogens is 3. The Bertz CT molecular complexity index is 897. The average Bonchev–Trinajstić information content (AvgIpc) is 2.65. The maximum absolute atomic E-state index is 12.6. The van der Waals surface area contributed by atoms with Crippen LogP contribution in [-0.4, -0.2) is 29.6 Å². The van der Waals surface area contributed by atoms with Crippen molar-refractivity contribution >= 4 is 17.6 Å². The Morgan fingerprint density at radius 2 is 1.73 bits per heavy atom. The number of ether oxygens (including phenoxy) is 1. The molecule has 0 saturated heterocycles. The minimum atomic E-state index is -4.41. The molecule has 0 bridgehead atoms. The number of nitrogens with one attached hydrogen (secondary N) is 2. The number of aromatic nitrogens is 1. The summed E-state index contributed by atoms with van der Waals surface area (Å²) in [6, 6.07) is 8.69. The third-order valence-corrected chi connectivity index (χ3v) is 4.12. The fourth-order valence-electron chi connectivity index (χ4n) is 2.52. The van der Waals surface area contributed by atoms with E-state index in [4.69, 9.17) is 0 Å². The number of aryl methyl sites for hydroxylation is 1. The molecule has 1 aromatic heterocycles. The molecular formula is C21H24F3N3O3. The number of amides is 2. The summed E-state index contributed by atoms with van der Waals surface area (Å²) >= 11 is 0. The van der Waals surface area contributed by atoms with Crippen molar-refractivity contribution in [2.75, 3.05) is 11.9 Å². The standard InChI is InChI=1S/C21H24F3N3O3/c1-12(2)19(28)27-18-10-16(9-13(3)25-18)20(29)26-14(4)15-5-7-17(8-6-15)30-11-21(22,23)24/h5-10,12,14H,11H2,1-4H3,(H,26,29)(H,25,27,28). The maximum atomic E-state index is 12.6. The predicted molar refractivity (Wildman–Crippen MR) is 106 cm³/mol. The van der Waals surface area contributed by atoms with Crippen LogP contribution in [0.5, 0.6) is 5.75 Å². The second-order valence-electron chi connectivity index (χ2n) is 7.19. The highest BCUT2D eigenvalue weighted by molar-refractivity contribution is 5.97. The highest BCUT2D eigenvalue weighted by Gasteiger charge is 2.28. The van der Waals surface area contributed by atoms with E-state index in [1.807, 2.05) is 0 Å². The van der Waals surface area contributed by atoms with Crippen LogP contribution in [0.3, 0.4) is 0 Å². The summed E-state index contributed by atoms with van der Waals surface area (Å²) in [4.78, 5) is 28.7. The zero-order chi connectivity index (χ0) is 22.5. The van der Waals surface area contributed by atoms with E-state index < -0.39 is 18.8 Å². The predicted octanol–water partition coefficient (Wildman–Crippen LogP) is 4.42. The Balaban J connectivity index is 2.04. The molecule has 2 amide bonds. The lowest BCUT2D eigenvalue weighted by Crippen LogP contribution is -2.27. The number of benzene rings is 1. The Labute approximate surface area is 172 Å². The van der Waals surface area contributed by atoms with Gasteiger partial charge in [0.05, 0.1) is 6.04 Å². The summed E-state index contributed by atoms with van der Waals surface area (Å²) in [6.45, 7) is 5.60. The highest BCUT2D eigenvalue weighted by Crippen LogP contribution is 2.21. The van der Waals surface area contributed by atoms with Crippen LogP contribution in [0, 0.1) is 12.8 Å². The Hall–Kier alpha value is -3.10. The number of hydrogen-bond acceptors (Lipinski definition) is 4. The molecule has 1 aromatic carbocycles. The molecule has 30 heavy (non-hydrogen) atoms. The van der Waals surface area contributed by atoms with Crippen molar-refractivity contribution in [1.29, 1.82) is 0 Å². The van der Waals surface area contributed by atoms with Gasteiger partial charge in [-0.15, -0.1) is 0 Å². The van der Waals surface area contributed by atoms with Crippen molar-refractivity contribution in [2.24, 2.45) is 5.92 Å². The van der Waals surface area contributed by atoms with Gasteiger partial charge in [0.2, 0.25) is 5.91 Å². The second kappa shape index (κ2) is 9.60. The fourth-order valence-corrected chi connectivity index (χ4v) is 2.52. The van der Waals surface area contributed by atoms with Gasteiger partial charge in [-0.25, -0.2) is 4.98 Å². The number of pyridine rings is 1. The molecule has 0 saturated carbocycles. The van der Waals surface area contributed by atoms with Crippen LogP contribution < -0.4 is 15.4 Å². The highest BCUT2D eigenvalue weighted by atomic mass is 19.4. The smallest absolute Gasteiger partial charge is 0.422 e. The van der Waals surface area contributed by atoms with Crippen molar-refractivity contribution < 1.29 is 27.5 Å². The minimum absolute atomic E-state index is 0.0879. The van der Waals surface area contributed by atoms with Gasteiger partial charge in [0.1, 0.15) is 11.6 Å². The lowest BCUT2D eigenvalue weighted by Gasteiger charge is -2.16. The normalized spacial score (nSPS) is 12.4. The van der Waals surface area contributed by atoms with Crippen LogP contribution in [0.2, 0.25) is 0 Å². The van der Waals surface area contributed by atoms with Crippen molar-refractivity contribution in [2.45, 2.75) is 39.9 Å². The lowest BCUT2D eigenvalue weighted by atomic mass is 10.1. The van der Waals surface area contributed by atoms with Crippen LogP contribution in [0.1, 0.15) is 48.4 Å². The average molecular weight is 423 g/mol. The molecule has 9 heteroatoms. The lowest BCUT2D eigenvalue weighted by molar-refractivity contribution is -0.153. The molecule has 0 radical (unpaired) electrons. The van der Waals surface area contributed by atoms with Gasteiger partial charge in [0.15, 0.2) is 6.61 Å². The van der Waals surface area contributed by atoms with E-state index in [1.54, 1.807) is 45.9 Å². The zero-order valence-corrected chi connectivity index (χ0v) is 17.1. The van der Waals surface area contributed by atoms with E-state index in [0.717, 1.165) is 0 Å². The van der Waals surface area contributed by atoms with Crippen molar-refractivity contribution in [1.82, 2.24) is 10.3 Å². The first kappa shape index (κ1) is 23.2. The van der Waals surface area contributed by atoms with Crippen molar-refractivity contribution in [3.63, 3.8) is 0 Å². The van der Waals surface area contributed by atoms with Gasteiger partial charge in [0, 0.05) is 17.2 Å². The van der Waals surface area contributed by atoms with E-state index in [1.165, 1.54) is 18.2 Å². The van der Waals surface area contributed by atoms with Crippen LogP contribution in [0.4, 0.5) is 19.0 Å². The van der Waals surface area contributed by atoms with E-state index in [-0.39, 0.29) is 29.3 Å². The Kier molecular flexibility index (Phi) is 7.42. The molecule has 2 N–H and O–H groups in total. The number of carbonyl (C=O) groups is 2. The zero-order valence-electron chi connectivity index (χ0n) is 17.1. The Morgan fingerprint density at radius 1 is 1.10 bits per heavy atom. The van der Waals surface area contributed by atoms with Gasteiger partial charge in [-0.3, -0.25) is 9.59 Å². The molecule has 0 aliphatic heterocycles. The molecule has 1 unspecified atom stereocenters. The van der Waals surface area contributed by atoms with Crippen LogP contribution in [0.25, 0.3) is 0 Å². The van der Waals surface area contributed by atoms with Gasteiger partial charge in [0.25, 0.3) is 5.91 Å². The summed E-state index contributed by atoms with van der Waals surface area (Å²) in [7, 11) is 0. The number of anilines is 1. The van der Waals surface area contributed by atoms with Crippen LogP contribution in [0.15, 0.2) is 36.4 Å².